The highest BCUT2D eigenvalue weighted by atomic mass is 16.3. The summed E-state index contributed by atoms with van der Waals surface area (Å²) in [4.78, 5) is 0. The lowest BCUT2D eigenvalue weighted by molar-refractivity contribution is 0.168. The molecule has 0 saturated heterocycles. The molecule has 1 saturated carbocycles. The van der Waals surface area contributed by atoms with Crippen LogP contribution < -0.4 is 5.32 Å². The first-order valence-electron chi connectivity index (χ1n) is 7.57. The Labute approximate surface area is 116 Å². The zero-order valence-corrected chi connectivity index (χ0v) is 12.2. The number of aliphatic hydroxyl groups is 1. The van der Waals surface area contributed by atoms with Gasteiger partial charge in [0, 0.05) is 18.3 Å². The Morgan fingerprint density at radius 1 is 1.42 bits per heavy atom. The van der Waals surface area contributed by atoms with Crippen LogP contribution in [0.5, 0.6) is 0 Å². The quantitative estimate of drug-likeness (QED) is 0.831. The Bertz CT molecular complexity index is 378. The van der Waals surface area contributed by atoms with Crippen LogP contribution in [0.15, 0.2) is 12.3 Å². The highest BCUT2D eigenvalue weighted by Crippen LogP contribution is 2.27. The molecule has 1 aromatic rings. The second-order valence-corrected chi connectivity index (χ2v) is 6.00. The van der Waals surface area contributed by atoms with Gasteiger partial charge in [0.05, 0.1) is 18.3 Å². The van der Waals surface area contributed by atoms with Crippen molar-refractivity contribution in [1.82, 2.24) is 15.1 Å². The van der Waals surface area contributed by atoms with E-state index in [0.29, 0.717) is 6.04 Å². The van der Waals surface area contributed by atoms with E-state index in [1.165, 1.54) is 32.1 Å². The first kappa shape index (κ1) is 14.5. The molecule has 0 aliphatic heterocycles. The molecule has 0 aromatic carbocycles. The van der Waals surface area contributed by atoms with Crippen molar-refractivity contribution in [3.63, 3.8) is 0 Å². The van der Waals surface area contributed by atoms with Crippen LogP contribution in [-0.4, -0.2) is 27.0 Å². The maximum absolute atomic E-state index is 9.38. The van der Waals surface area contributed by atoms with E-state index in [1.54, 1.807) is 0 Å². The maximum atomic E-state index is 9.38. The average Bonchev–Trinajstić information content (AvgIpc) is 2.95. The van der Waals surface area contributed by atoms with Gasteiger partial charge in [0.25, 0.3) is 0 Å². The highest BCUT2D eigenvalue weighted by Gasteiger charge is 2.21. The summed E-state index contributed by atoms with van der Waals surface area (Å²) in [5.74, 6) is 0. The molecule has 1 fully saturated rings. The second kappa shape index (κ2) is 6.53. The predicted octanol–water partition coefficient (Wildman–Crippen LogP) is 2.64. The molecule has 19 heavy (non-hydrogen) atoms. The number of nitrogens with zero attached hydrogens (tertiary/aromatic N) is 2. The van der Waals surface area contributed by atoms with E-state index in [9.17, 15) is 5.11 Å². The molecular weight excluding hydrogens is 238 g/mol. The Morgan fingerprint density at radius 2 is 2.16 bits per heavy atom. The van der Waals surface area contributed by atoms with Crippen LogP contribution >= 0.6 is 0 Å². The van der Waals surface area contributed by atoms with E-state index in [0.717, 1.165) is 18.7 Å². The summed E-state index contributed by atoms with van der Waals surface area (Å²) in [6.07, 6.45) is 9.57. The smallest absolute Gasteiger partial charge is 0.0762 e. The summed E-state index contributed by atoms with van der Waals surface area (Å²) in [5, 5.41) is 17.5. The van der Waals surface area contributed by atoms with Gasteiger partial charge in [0.2, 0.25) is 0 Å². The first-order chi connectivity index (χ1) is 9.17. The number of nitrogens with one attached hydrogen (secondary N) is 1. The number of aromatic nitrogens is 2. The molecule has 1 heterocycles. The van der Waals surface area contributed by atoms with E-state index < -0.39 is 0 Å². The summed E-state index contributed by atoms with van der Waals surface area (Å²) in [7, 11) is 0. The van der Waals surface area contributed by atoms with Crippen molar-refractivity contribution in [2.75, 3.05) is 6.61 Å². The molecule has 2 N–H and O–H groups in total. The summed E-state index contributed by atoms with van der Waals surface area (Å²) >= 11 is 0. The summed E-state index contributed by atoms with van der Waals surface area (Å²) in [5.41, 5.74) is 0.868. The van der Waals surface area contributed by atoms with Crippen LogP contribution in [0.1, 0.15) is 64.1 Å². The van der Waals surface area contributed by atoms with Gasteiger partial charge < -0.3 is 10.4 Å². The van der Waals surface area contributed by atoms with Crippen molar-refractivity contribution in [3.05, 3.63) is 18.0 Å². The van der Waals surface area contributed by atoms with Gasteiger partial charge in [-0.3, -0.25) is 4.68 Å². The third kappa shape index (κ3) is 3.80. The lowest BCUT2D eigenvalue weighted by atomic mass is 9.96. The molecule has 1 unspecified atom stereocenters. The molecule has 2 rings (SSSR count). The van der Waals surface area contributed by atoms with E-state index in [4.69, 9.17) is 0 Å². The van der Waals surface area contributed by atoms with Crippen molar-refractivity contribution in [2.24, 2.45) is 0 Å². The second-order valence-electron chi connectivity index (χ2n) is 6.00. The van der Waals surface area contributed by atoms with Crippen LogP contribution in [0.2, 0.25) is 0 Å². The van der Waals surface area contributed by atoms with Gasteiger partial charge in [0.15, 0.2) is 0 Å². The topological polar surface area (TPSA) is 50.1 Å². The minimum atomic E-state index is -0.200. The van der Waals surface area contributed by atoms with Gasteiger partial charge >= 0.3 is 0 Å². The minimum Gasteiger partial charge on any atom is -0.394 e. The Morgan fingerprint density at radius 3 is 2.79 bits per heavy atom. The van der Waals surface area contributed by atoms with Gasteiger partial charge in [-0.25, -0.2) is 0 Å². The number of hydrogen-bond acceptors (Lipinski definition) is 3. The Balaban J connectivity index is 1.90. The van der Waals surface area contributed by atoms with E-state index >= 15 is 0 Å². The monoisotopic (exact) mass is 265 g/mol. The average molecular weight is 265 g/mol. The normalized spacial score (nSPS) is 20.4. The summed E-state index contributed by atoms with van der Waals surface area (Å²) < 4.78 is 2.14. The molecular formula is C15H27N3O. The fourth-order valence-corrected chi connectivity index (χ4v) is 2.62. The SMILES string of the molecule is CCC(C)(CO)NCc1ccn(C2CCCCC2)n1. The van der Waals surface area contributed by atoms with Gasteiger partial charge in [-0.2, -0.15) is 5.10 Å². The minimum absolute atomic E-state index is 0.160. The predicted molar refractivity (Wildman–Crippen MR) is 77.0 cm³/mol. The summed E-state index contributed by atoms with van der Waals surface area (Å²) in [6.45, 7) is 5.02. The van der Waals surface area contributed by atoms with Crippen LogP contribution in [0.4, 0.5) is 0 Å². The molecule has 1 aliphatic carbocycles. The van der Waals surface area contributed by atoms with Crippen molar-refractivity contribution >= 4 is 0 Å². The molecule has 0 radical (unpaired) electrons. The highest BCUT2D eigenvalue weighted by molar-refractivity contribution is 5.01. The molecule has 0 spiro atoms. The Hall–Kier alpha value is -0.870. The van der Waals surface area contributed by atoms with Crippen molar-refractivity contribution in [3.8, 4) is 0 Å². The Kier molecular flexibility index (Phi) is 4.99. The van der Waals surface area contributed by atoms with Crippen molar-refractivity contribution < 1.29 is 5.11 Å². The largest absolute Gasteiger partial charge is 0.394 e. The lowest BCUT2D eigenvalue weighted by Crippen LogP contribution is -2.44. The van der Waals surface area contributed by atoms with Gasteiger partial charge in [-0.15, -0.1) is 0 Å². The van der Waals surface area contributed by atoms with E-state index in [2.05, 4.69) is 34.3 Å². The molecule has 1 atom stereocenters. The van der Waals surface area contributed by atoms with Gasteiger partial charge in [-0.1, -0.05) is 26.2 Å². The van der Waals surface area contributed by atoms with Crippen LogP contribution in [-0.2, 0) is 6.54 Å². The lowest BCUT2D eigenvalue weighted by Gasteiger charge is -2.27. The van der Waals surface area contributed by atoms with Crippen molar-refractivity contribution in [2.45, 2.75) is 70.5 Å². The third-order valence-corrected chi connectivity index (χ3v) is 4.44. The zero-order valence-electron chi connectivity index (χ0n) is 12.2. The molecule has 0 amide bonds. The molecule has 0 bridgehead atoms. The van der Waals surface area contributed by atoms with E-state index in [-0.39, 0.29) is 12.1 Å². The zero-order chi connectivity index (χ0) is 13.7. The number of rotatable bonds is 6. The van der Waals surface area contributed by atoms with Crippen LogP contribution in [0.25, 0.3) is 0 Å². The van der Waals surface area contributed by atoms with Crippen molar-refractivity contribution in [1.29, 1.82) is 0 Å². The van der Waals surface area contributed by atoms with Gasteiger partial charge in [0.1, 0.15) is 0 Å². The molecule has 1 aromatic heterocycles. The maximum Gasteiger partial charge on any atom is 0.0762 e. The molecule has 108 valence electrons. The van der Waals surface area contributed by atoms with Crippen LogP contribution in [0.3, 0.4) is 0 Å². The van der Waals surface area contributed by atoms with E-state index in [1.807, 2.05) is 6.92 Å². The summed E-state index contributed by atoms with van der Waals surface area (Å²) in [6, 6.07) is 2.69. The molecule has 4 heteroatoms. The van der Waals surface area contributed by atoms with Crippen LogP contribution in [0, 0.1) is 0 Å². The first-order valence-corrected chi connectivity index (χ1v) is 7.57. The van der Waals surface area contributed by atoms with Gasteiger partial charge in [-0.05, 0) is 32.3 Å². The molecule has 1 aliphatic rings. The fraction of sp³-hybridized carbons (Fsp3) is 0.800. The number of hydrogen-bond donors (Lipinski definition) is 2. The third-order valence-electron chi connectivity index (χ3n) is 4.44. The number of aliphatic hydroxyl groups excluding tert-OH is 1. The fourth-order valence-electron chi connectivity index (χ4n) is 2.62. The standard InChI is InChI=1S/C15H27N3O/c1-3-15(2,12-19)16-11-13-9-10-18(17-13)14-7-5-4-6-8-14/h9-10,14,16,19H,3-8,11-12H2,1-2H3. The molecule has 4 nitrogen and oxygen atoms in total.